The van der Waals surface area contributed by atoms with Crippen molar-refractivity contribution in [1.82, 2.24) is 0 Å². The molecule has 0 aliphatic heterocycles. The molecule has 0 spiro atoms. The second-order valence-corrected chi connectivity index (χ2v) is 8.46. The van der Waals surface area contributed by atoms with Crippen molar-refractivity contribution in [3.63, 3.8) is 0 Å². The van der Waals surface area contributed by atoms with E-state index in [2.05, 4.69) is 0 Å². The van der Waals surface area contributed by atoms with Crippen LogP contribution in [-0.4, -0.2) is 39.2 Å². The van der Waals surface area contributed by atoms with Gasteiger partial charge >= 0.3 is 17.9 Å². The van der Waals surface area contributed by atoms with Gasteiger partial charge in [-0.15, -0.1) is 0 Å². The fourth-order valence-electron chi connectivity index (χ4n) is 3.24. The van der Waals surface area contributed by atoms with Gasteiger partial charge in [0.15, 0.2) is 0 Å². The SMILES string of the molecule is Cc1ccccc1C(=O)O.Cc1ccccc1C(=O)O.Cc1ccccc1C(=O)O.Cc1ccccc1C(=O)[O-].[Th]. The molecule has 212 valence electrons. The van der Waals surface area contributed by atoms with Crippen molar-refractivity contribution in [3.8, 4) is 0 Å². The Morgan fingerprint density at radius 2 is 0.634 bits per heavy atom. The van der Waals surface area contributed by atoms with E-state index < -0.39 is 23.9 Å². The minimum absolute atomic E-state index is 0. The van der Waals surface area contributed by atoms with Crippen LogP contribution in [0.15, 0.2) is 97.1 Å². The molecule has 0 atom stereocenters. The van der Waals surface area contributed by atoms with Crippen LogP contribution in [-0.2, 0) is 0 Å². The van der Waals surface area contributed by atoms with Gasteiger partial charge in [-0.3, -0.25) is 0 Å². The Balaban J connectivity index is 0.000000516. The van der Waals surface area contributed by atoms with Crippen molar-refractivity contribution in [1.29, 1.82) is 0 Å². The van der Waals surface area contributed by atoms with Crippen molar-refractivity contribution in [2.45, 2.75) is 27.7 Å². The first-order valence-electron chi connectivity index (χ1n) is 12.0. The van der Waals surface area contributed by atoms with Gasteiger partial charge in [-0.05, 0) is 68.1 Å². The number of hydrogen-bond donors (Lipinski definition) is 3. The number of benzene rings is 4. The van der Waals surface area contributed by atoms with Crippen molar-refractivity contribution in [3.05, 3.63) is 142 Å². The van der Waals surface area contributed by atoms with Gasteiger partial charge in [0, 0.05) is 45.5 Å². The molecule has 41 heavy (non-hydrogen) atoms. The molecule has 4 aromatic rings. The van der Waals surface area contributed by atoms with Crippen molar-refractivity contribution in [2.75, 3.05) is 0 Å². The van der Waals surface area contributed by atoms with Gasteiger partial charge in [0.05, 0.1) is 22.7 Å². The average molecular weight is 776 g/mol. The molecule has 0 amide bonds. The third-order valence-electron chi connectivity index (χ3n) is 5.49. The Morgan fingerprint density at radius 3 is 0.756 bits per heavy atom. The van der Waals surface area contributed by atoms with E-state index in [1.165, 1.54) is 6.07 Å². The number of carboxylic acid groups (broad SMARTS) is 4. The first-order valence-corrected chi connectivity index (χ1v) is 12.0. The first-order chi connectivity index (χ1) is 18.9. The van der Waals surface area contributed by atoms with Gasteiger partial charge in [-0.2, -0.15) is 0 Å². The largest absolute Gasteiger partial charge is 0.545 e. The molecule has 0 saturated heterocycles. The van der Waals surface area contributed by atoms with Crippen LogP contribution in [0, 0.1) is 67.6 Å². The molecule has 4 rings (SSSR count). The first kappa shape index (κ1) is 37.1. The Hall–Kier alpha value is -3.92. The zero-order valence-electron chi connectivity index (χ0n) is 23.1. The summed E-state index contributed by atoms with van der Waals surface area (Å²) in [4.78, 5) is 41.6. The Labute approximate surface area is 271 Å². The second-order valence-electron chi connectivity index (χ2n) is 8.46. The molecule has 3 N–H and O–H groups in total. The van der Waals surface area contributed by atoms with Crippen molar-refractivity contribution in [2.24, 2.45) is 0 Å². The summed E-state index contributed by atoms with van der Waals surface area (Å²) in [6, 6.07) is 27.5. The third-order valence-corrected chi connectivity index (χ3v) is 5.49. The van der Waals surface area contributed by atoms with E-state index in [1.54, 1.807) is 100 Å². The van der Waals surface area contributed by atoms with E-state index in [4.69, 9.17) is 15.3 Å². The van der Waals surface area contributed by atoms with Gasteiger partial charge < -0.3 is 25.2 Å². The predicted molar refractivity (Wildman–Crippen MR) is 150 cm³/mol. The summed E-state index contributed by atoms with van der Waals surface area (Å²) < 4.78 is 0. The van der Waals surface area contributed by atoms with Crippen LogP contribution in [0.4, 0.5) is 0 Å². The second kappa shape index (κ2) is 19.2. The van der Waals surface area contributed by atoms with Crippen LogP contribution in [0.2, 0.25) is 0 Å². The van der Waals surface area contributed by atoms with Gasteiger partial charge in [0.1, 0.15) is 0 Å². The quantitative estimate of drug-likeness (QED) is 0.248. The standard InChI is InChI=1S/4C8H8O2.Th/c4*1-6-4-2-3-5-7(6)8(9)10;/h4*2-5H,1H3,(H,9,10);/p-1. The zero-order valence-corrected chi connectivity index (χ0v) is 27.2. The van der Waals surface area contributed by atoms with Crippen LogP contribution < -0.4 is 5.11 Å². The Morgan fingerprint density at radius 1 is 0.439 bits per heavy atom. The number of hydrogen-bond acceptors (Lipinski definition) is 5. The molecule has 4 aromatic carbocycles. The van der Waals surface area contributed by atoms with Crippen LogP contribution in [0.3, 0.4) is 0 Å². The Kier molecular flexibility index (Phi) is 17.4. The van der Waals surface area contributed by atoms with Gasteiger partial charge in [-0.25, -0.2) is 14.4 Å². The van der Waals surface area contributed by atoms with E-state index in [0.29, 0.717) is 16.7 Å². The average Bonchev–Trinajstić information content (AvgIpc) is 2.90. The molecule has 0 aliphatic rings. The fourth-order valence-corrected chi connectivity index (χ4v) is 3.24. The number of aromatic carboxylic acids is 4. The number of carboxylic acids is 4. The maximum Gasteiger partial charge on any atom is 0.335 e. The summed E-state index contributed by atoms with van der Waals surface area (Å²) in [5.41, 5.74) is 4.54. The summed E-state index contributed by atoms with van der Waals surface area (Å²) >= 11 is 0. The smallest absolute Gasteiger partial charge is 0.335 e. The molecule has 8 nitrogen and oxygen atoms in total. The molecule has 9 heteroatoms. The molecule has 0 aliphatic carbocycles. The molecule has 0 unspecified atom stereocenters. The molecule has 0 saturated carbocycles. The fraction of sp³-hybridized carbons (Fsp3) is 0.125. The van der Waals surface area contributed by atoms with Crippen LogP contribution >= 0.6 is 0 Å². The van der Waals surface area contributed by atoms with Crippen molar-refractivity contribution < 1.29 is 79.5 Å². The van der Waals surface area contributed by atoms with Gasteiger partial charge in [-0.1, -0.05) is 78.9 Å². The predicted octanol–water partition coefficient (Wildman–Crippen LogP) is 5.44. The van der Waals surface area contributed by atoms with Gasteiger partial charge in [0.25, 0.3) is 0 Å². The number of carbonyl (C=O) groups excluding carboxylic acids is 1. The minimum atomic E-state index is -1.11. The third kappa shape index (κ3) is 13.3. The van der Waals surface area contributed by atoms with E-state index in [1.807, 2.05) is 18.2 Å². The van der Waals surface area contributed by atoms with Crippen LogP contribution in [0.1, 0.15) is 63.7 Å². The maximum atomic E-state index is 10.4. The monoisotopic (exact) mass is 775 g/mol. The van der Waals surface area contributed by atoms with Gasteiger partial charge in [0.2, 0.25) is 0 Å². The molecular formula is C32H31O8Th-. The summed E-state index contributed by atoms with van der Waals surface area (Å²) in [5.74, 6) is -3.70. The van der Waals surface area contributed by atoms with E-state index in [0.717, 1.165) is 22.3 Å². The maximum absolute atomic E-state index is 10.4. The molecule has 0 heterocycles. The van der Waals surface area contributed by atoms with E-state index in [9.17, 15) is 24.3 Å². The molecular weight excluding hydrogens is 744 g/mol. The molecule has 0 fully saturated rings. The zero-order chi connectivity index (χ0) is 30.2. The molecule has 0 radical (unpaired) electrons. The minimum Gasteiger partial charge on any atom is -0.545 e. The number of aryl methyl sites for hydroxylation is 4. The molecule has 0 bridgehead atoms. The summed E-state index contributed by atoms with van der Waals surface area (Å²) in [6.07, 6.45) is 0. The number of carbonyl (C=O) groups is 4. The topological polar surface area (TPSA) is 152 Å². The normalized spacial score (nSPS) is 9.07. The Bertz CT molecular complexity index is 1240. The number of rotatable bonds is 4. The van der Waals surface area contributed by atoms with Crippen LogP contribution in [0.5, 0.6) is 0 Å². The van der Waals surface area contributed by atoms with Crippen LogP contribution in [0.25, 0.3) is 0 Å². The van der Waals surface area contributed by atoms with Crippen molar-refractivity contribution >= 4 is 23.9 Å². The van der Waals surface area contributed by atoms with E-state index >= 15 is 0 Å². The molecule has 0 aromatic heterocycles. The van der Waals surface area contributed by atoms with E-state index in [-0.39, 0.29) is 45.5 Å². The summed E-state index contributed by atoms with van der Waals surface area (Å²) in [5, 5.41) is 36.0. The summed E-state index contributed by atoms with van der Waals surface area (Å²) in [7, 11) is 0. The summed E-state index contributed by atoms with van der Waals surface area (Å²) in [6.45, 7) is 7.08.